The van der Waals surface area contributed by atoms with E-state index in [2.05, 4.69) is 15.8 Å². The zero-order valence-electron chi connectivity index (χ0n) is 21.0. The van der Waals surface area contributed by atoms with E-state index < -0.39 is 0 Å². The molecule has 8 heteroatoms. The van der Waals surface area contributed by atoms with Crippen LogP contribution in [0.4, 0.5) is 0 Å². The van der Waals surface area contributed by atoms with Crippen molar-refractivity contribution in [2.75, 3.05) is 39.4 Å². The molecule has 1 fully saturated rings. The van der Waals surface area contributed by atoms with Crippen LogP contribution >= 0.6 is 12.2 Å². The minimum atomic E-state index is 0.446. The van der Waals surface area contributed by atoms with Crippen LogP contribution < -0.4 is 25.1 Å². The first-order chi connectivity index (χ1) is 18.3. The van der Waals surface area contributed by atoms with Crippen molar-refractivity contribution < 1.29 is 19.1 Å². The van der Waals surface area contributed by atoms with E-state index in [-0.39, 0.29) is 0 Å². The molecule has 1 heterocycles. The first kappa shape index (κ1) is 26.6. The molecule has 1 aliphatic rings. The summed E-state index contributed by atoms with van der Waals surface area (Å²) < 4.78 is 17.6. The monoisotopic (exact) mass is 519 g/mol. The quantitative estimate of drug-likeness (QED) is 0.148. The highest BCUT2D eigenvalue weighted by Crippen LogP contribution is 2.29. The van der Waals surface area contributed by atoms with Crippen LogP contribution in [0.1, 0.15) is 23.1 Å². The maximum absolute atomic E-state index is 6.14. The van der Waals surface area contributed by atoms with Crippen LogP contribution in [0.5, 0.6) is 11.5 Å². The molecule has 37 heavy (non-hydrogen) atoms. The molecule has 7 nitrogen and oxygen atoms in total. The molecule has 3 aromatic rings. The Hall–Kier alpha value is -3.46. The van der Waals surface area contributed by atoms with Crippen molar-refractivity contribution in [3.05, 3.63) is 95.6 Å². The molecule has 0 amide bonds. The van der Waals surface area contributed by atoms with Gasteiger partial charge in [0.25, 0.3) is 0 Å². The molecule has 3 aromatic carbocycles. The second kappa shape index (κ2) is 14.9. The van der Waals surface area contributed by atoms with Gasteiger partial charge in [0.1, 0.15) is 26.3 Å². The Morgan fingerprint density at radius 3 is 2.22 bits per heavy atom. The summed E-state index contributed by atoms with van der Waals surface area (Å²) in [5.74, 6) is 1.35. The summed E-state index contributed by atoms with van der Waals surface area (Å²) in [6.45, 7) is 6.73. The van der Waals surface area contributed by atoms with E-state index in [9.17, 15) is 0 Å². The molecule has 0 radical (unpaired) electrons. The number of nitrogens with one attached hydrogen (secondary N) is 3. The van der Waals surface area contributed by atoms with Crippen molar-refractivity contribution in [1.82, 2.24) is 10.7 Å². The van der Waals surface area contributed by atoms with Gasteiger partial charge in [-0.3, -0.25) is 5.43 Å². The van der Waals surface area contributed by atoms with Crippen LogP contribution in [0.25, 0.3) is 0 Å². The summed E-state index contributed by atoms with van der Waals surface area (Å²) in [5, 5.41) is 8.02. The lowest BCUT2D eigenvalue weighted by Crippen LogP contribution is -3.14. The van der Waals surface area contributed by atoms with Crippen LogP contribution in [0.15, 0.2) is 84.0 Å². The Morgan fingerprint density at radius 2 is 1.54 bits per heavy atom. The Bertz CT molecular complexity index is 1120. The number of quaternary nitrogens is 1. The molecule has 0 unspecified atom stereocenters. The van der Waals surface area contributed by atoms with Crippen molar-refractivity contribution in [2.24, 2.45) is 5.10 Å². The zero-order valence-corrected chi connectivity index (χ0v) is 21.8. The largest absolute Gasteiger partial charge is 0.485 e. The highest BCUT2D eigenvalue weighted by molar-refractivity contribution is 7.80. The van der Waals surface area contributed by atoms with Crippen LogP contribution in [0, 0.1) is 0 Å². The third-order valence-corrected chi connectivity index (χ3v) is 6.25. The average Bonchev–Trinajstić information content (AvgIpc) is 2.95. The van der Waals surface area contributed by atoms with Crippen molar-refractivity contribution in [1.29, 1.82) is 0 Å². The number of hydrogen-bond acceptors (Lipinski definition) is 5. The van der Waals surface area contributed by atoms with Gasteiger partial charge in [-0.05, 0) is 47.1 Å². The zero-order chi connectivity index (χ0) is 25.5. The number of morpholine rings is 1. The van der Waals surface area contributed by atoms with Gasteiger partial charge in [0.2, 0.25) is 0 Å². The fourth-order valence-corrected chi connectivity index (χ4v) is 4.12. The number of hydrazone groups is 1. The molecule has 194 valence electrons. The van der Waals surface area contributed by atoms with E-state index in [1.165, 1.54) is 0 Å². The van der Waals surface area contributed by atoms with E-state index in [4.69, 9.17) is 26.4 Å². The first-order valence-corrected chi connectivity index (χ1v) is 13.1. The number of nitrogens with zero attached hydrogens (tertiary/aromatic N) is 1. The van der Waals surface area contributed by atoms with Gasteiger partial charge in [0, 0.05) is 13.0 Å². The Morgan fingerprint density at radius 1 is 0.892 bits per heavy atom. The topological polar surface area (TPSA) is 68.5 Å². The molecule has 1 aliphatic heterocycles. The smallest absolute Gasteiger partial charge is 0.186 e. The number of rotatable bonds is 12. The predicted octanol–water partition coefficient (Wildman–Crippen LogP) is 2.95. The number of hydrogen-bond donors (Lipinski definition) is 3. The van der Waals surface area contributed by atoms with E-state index in [0.717, 1.165) is 62.5 Å². The summed E-state index contributed by atoms with van der Waals surface area (Å²) in [4.78, 5) is 1.59. The van der Waals surface area contributed by atoms with Crippen LogP contribution in [-0.2, 0) is 18.0 Å². The van der Waals surface area contributed by atoms with Crippen molar-refractivity contribution in [2.45, 2.75) is 19.6 Å². The van der Waals surface area contributed by atoms with Crippen molar-refractivity contribution >= 4 is 23.5 Å². The molecule has 0 saturated carbocycles. The molecule has 1 saturated heterocycles. The van der Waals surface area contributed by atoms with Gasteiger partial charge in [-0.2, -0.15) is 5.10 Å². The molecule has 0 atom stereocenters. The fraction of sp³-hybridized carbons (Fsp3) is 0.310. The number of benzene rings is 3. The third kappa shape index (κ3) is 9.49. The molecule has 0 spiro atoms. The Labute approximate surface area is 224 Å². The number of ether oxygens (including phenoxy) is 3. The van der Waals surface area contributed by atoms with E-state index in [1.54, 1.807) is 11.1 Å². The second-order valence-corrected chi connectivity index (χ2v) is 9.25. The minimum Gasteiger partial charge on any atom is -0.485 e. The summed E-state index contributed by atoms with van der Waals surface area (Å²) in [6.07, 6.45) is 2.77. The van der Waals surface area contributed by atoms with Crippen LogP contribution in [-0.4, -0.2) is 50.7 Å². The summed E-state index contributed by atoms with van der Waals surface area (Å²) >= 11 is 5.36. The van der Waals surface area contributed by atoms with E-state index >= 15 is 0 Å². The fourth-order valence-electron chi connectivity index (χ4n) is 3.96. The van der Waals surface area contributed by atoms with Crippen LogP contribution in [0.2, 0.25) is 0 Å². The van der Waals surface area contributed by atoms with E-state index in [0.29, 0.717) is 29.8 Å². The van der Waals surface area contributed by atoms with Gasteiger partial charge in [-0.25, -0.2) is 0 Å². The van der Waals surface area contributed by atoms with Gasteiger partial charge in [0.05, 0.1) is 26.0 Å². The predicted molar refractivity (Wildman–Crippen MR) is 150 cm³/mol. The Balaban J connectivity index is 1.29. The highest BCUT2D eigenvalue weighted by atomic mass is 32.1. The normalized spacial score (nSPS) is 13.8. The van der Waals surface area contributed by atoms with Gasteiger partial charge >= 0.3 is 0 Å². The lowest BCUT2D eigenvalue weighted by molar-refractivity contribution is -0.908. The molecular weight excluding hydrogens is 484 g/mol. The standard InChI is InChI=1S/C29H34N4O3S/c37-29(30-14-7-15-33-16-18-34-19-17-33)32-31-21-26-12-13-27(35-22-24-8-3-1-4-9-24)28(20-26)36-23-25-10-5-2-6-11-25/h1-6,8-13,20-21H,7,14-19,22-23H2,(H2,30,32,37)/p+1. The molecule has 0 bridgehead atoms. The van der Waals surface area contributed by atoms with Gasteiger partial charge in [0.15, 0.2) is 16.6 Å². The van der Waals surface area contributed by atoms with Gasteiger partial charge in [-0.15, -0.1) is 0 Å². The lowest BCUT2D eigenvalue weighted by atomic mass is 10.2. The molecule has 3 N–H and O–H groups in total. The second-order valence-electron chi connectivity index (χ2n) is 8.85. The van der Waals surface area contributed by atoms with Gasteiger partial charge in [-0.1, -0.05) is 60.7 Å². The lowest BCUT2D eigenvalue weighted by Gasteiger charge is -2.23. The Kier molecular flexibility index (Phi) is 10.7. The number of thiocarbonyl (C=S) groups is 1. The molecule has 0 aromatic heterocycles. The molecule has 0 aliphatic carbocycles. The van der Waals surface area contributed by atoms with Crippen LogP contribution in [0.3, 0.4) is 0 Å². The third-order valence-electron chi connectivity index (χ3n) is 6.01. The minimum absolute atomic E-state index is 0.446. The maximum Gasteiger partial charge on any atom is 0.186 e. The summed E-state index contributed by atoms with van der Waals surface area (Å²) in [6, 6.07) is 25.9. The molecule has 4 rings (SSSR count). The van der Waals surface area contributed by atoms with Crippen molar-refractivity contribution in [3.8, 4) is 11.5 Å². The summed E-state index contributed by atoms with van der Waals surface area (Å²) in [7, 11) is 0. The SMILES string of the molecule is S=C(NCCC[NH+]1CCOCC1)NN=Cc1ccc(OCc2ccccc2)c(OCc2ccccc2)c1. The first-order valence-electron chi connectivity index (χ1n) is 12.7. The highest BCUT2D eigenvalue weighted by Gasteiger charge is 2.12. The summed E-state index contributed by atoms with van der Waals surface area (Å²) in [5.41, 5.74) is 5.96. The average molecular weight is 520 g/mol. The van der Waals surface area contributed by atoms with E-state index in [1.807, 2.05) is 78.9 Å². The van der Waals surface area contributed by atoms with Crippen molar-refractivity contribution in [3.63, 3.8) is 0 Å². The maximum atomic E-state index is 6.14. The van der Waals surface area contributed by atoms with Gasteiger partial charge < -0.3 is 24.4 Å². The molecular formula is C29H35N4O3S+.